The predicted molar refractivity (Wildman–Crippen MR) is 129 cm³/mol. The molecular formula is C25H19ClF4N4O4. The van der Waals surface area contributed by atoms with Crippen LogP contribution in [0.25, 0.3) is 0 Å². The van der Waals surface area contributed by atoms with Gasteiger partial charge in [0.25, 0.3) is 5.91 Å². The third-order valence-electron chi connectivity index (χ3n) is 5.93. The second-order valence-electron chi connectivity index (χ2n) is 8.42. The van der Waals surface area contributed by atoms with E-state index in [4.69, 9.17) is 22.1 Å². The monoisotopic (exact) mass is 550 g/mol. The average molecular weight is 551 g/mol. The fraction of sp³-hybridized carbons (Fsp3) is 0.200. The number of ether oxygens (including phenoxy) is 1. The van der Waals surface area contributed by atoms with Gasteiger partial charge in [0.2, 0.25) is 11.8 Å². The van der Waals surface area contributed by atoms with Crippen molar-refractivity contribution in [1.82, 2.24) is 10.3 Å². The number of benzene rings is 2. The maximum absolute atomic E-state index is 15.4. The number of carbonyl (C=O) groups is 3. The van der Waals surface area contributed by atoms with Crippen LogP contribution >= 0.6 is 11.6 Å². The summed E-state index contributed by atoms with van der Waals surface area (Å²) in [4.78, 5) is 41.8. The highest BCUT2D eigenvalue weighted by molar-refractivity contribution is 6.31. The number of nitrogens with two attached hydrogens (primary N) is 1. The molecule has 13 heteroatoms. The van der Waals surface area contributed by atoms with Crippen molar-refractivity contribution in [3.05, 3.63) is 76.8 Å². The Bertz CT molecular complexity index is 1440. The Balaban J connectivity index is 1.75. The molecule has 1 fully saturated rings. The lowest BCUT2D eigenvalue weighted by Gasteiger charge is -2.27. The zero-order chi connectivity index (χ0) is 27.8. The van der Waals surface area contributed by atoms with Crippen molar-refractivity contribution in [2.45, 2.75) is 19.0 Å². The van der Waals surface area contributed by atoms with Crippen LogP contribution in [-0.4, -0.2) is 29.8 Å². The number of rotatable bonds is 7. The molecule has 198 valence electrons. The van der Waals surface area contributed by atoms with Crippen LogP contribution in [0.5, 0.6) is 11.5 Å². The van der Waals surface area contributed by atoms with E-state index in [2.05, 4.69) is 10.3 Å². The summed E-state index contributed by atoms with van der Waals surface area (Å²) >= 11 is 5.72. The molecule has 0 spiro atoms. The van der Waals surface area contributed by atoms with Gasteiger partial charge in [-0.2, -0.15) is 13.2 Å². The molecule has 0 atom stereocenters. The molecule has 1 aliphatic carbocycles. The summed E-state index contributed by atoms with van der Waals surface area (Å²) in [5.74, 6) is -3.36. The van der Waals surface area contributed by atoms with Gasteiger partial charge >= 0.3 is 6.18 Å². The first-order valence-corrected chi connectivity index (χ1v) is 11.4. The van der Waals surface area contributed by atoms with Crippen LogP contribution in [-0.2, 0) is 15.8 Å². The van der Waals surface area contributed by atoms with Gasteiger partial charge in [-0.1, -0.05) is 11.6 Å². The number of carbonyl (C=O) groups excluding carboxylic acids is 3. The van der Waals surface area contributed by atoms with Crippen molar-refractivity contribution in [2.24, 2.45) is 11.1 Å². The molecule has 0 aliphatic heterocycles. The Morgan fingerprint density at radius 3 is 2.34 bits per heavy atom. The minimum atomic E-state index is -4.86. The molecule has 1 aromatic heterocycles. The number of pyridine rings is 1. The van der Waals surface area contributed by atoms with E-state index in [0.717, 1.165) is 24.3 Å². The van der Waals surface area contributed by atoms with Crippen LogP contribution in [0.4, 0.5) is 28.9 Å². The maximum Gasteiger partial charge on any atom is 0.417 e. The zero-order valence-electron chi connectivity index (χ0n) is 19.6. The molecule has 3 N–H and O–H groups in total. The topological polar surface area (TPSA) is 115 Å². The van der Waals surface area contributed by atoms with Gasteiger partial charge in [-0.15, -0.1) is 0 Å². The summed E-state index contributed by atoms with van der Waals surface area (Å²) in [6.45, 7) is 0. The maximum atomic E-state index is 15.4. The number of nitrogens with zero attached hydrogens (tertiary/aromatic N) is 2. The van der Waals surface area contributed by atoms with E-state index >= 15 is 4.39 Å². The largest absolute Gasteiger partial charge is 0.457 e. The van der Waals surface area contributed by atoms with E-state index in [9.17, 15) is 27.6 Å². The van der Waals surface area contributed by atoms with Gasteiger partial charge in [-0.3, -0.25) is 24.3 Å². The van der Waals surface area contributed by atoms with Crippen LogP contribution in [0.15, 0.2) is 54.7 Å². The lowest BCUT2D eigenvalue weighted by atomic mass is 10.0. The molecule has 1 aliphatic rings. The van der Waals surface area contributed by atoms with Crippen LogP contribution in [0.3, 0.4) is 0 Å². The highest BCUT2D eigenvalue weighted by Crippen LogP contribution is 2.50. The second-order valence-corrected chi connectivity index (χ2v) is 8.83. The third kappa shape index (κ3) is 5.12. The van der Waals surface area contributed by atoms with Crippen molar-refractivity contribution in [3.63, 3.8) is 0 Å². The van der Waals surface area contributed by atoms with Crippen molar-refractivity contribution in [1.29, 1.82) is 0 Å². The summed E-state index contributed by atoms with van der Waals surface area (Å²) < 4.78 is 61.6. The minimum absolute atomic E-state index is 0.0447. The van der Waals surface area contributed by atoms with E-state index in [1.165, 1.54) is 31.4 Å². The Labute approximate surface area is 218 Å². The predicted octanol–water partition coefficient (Wildman–Crippen LogP) is 4.98. The molecule has 0 bridgehead atoms. The number of amides is 3. The first kappa shape index (κ1) is 26.9. The van der Waals surface area contributed by atoms with Gasteiger partial charge in [0.15, 0.2) is 5.82 Å². The summed E-state index contributed by atoms with van der Waals surface area (Å²) in [5, 5.41) is 1.78. The quantitative estimate of drug-likeness (QED) is 0.318. The number of primary amides is 1. The number of hydrogen-bond acceptors (Lipinski definition) is 5. The van der Waals surface area contributed by atoms with Gasteiger partial charge < -0.3 is 15.8 Å². The van der Waals surface area contributed by atoms with Gasteiger partial charge in [-0.25, -0.2) is 4.39 Å². The fourth-order valence-electron chi connectivity index (χ4n) is 3.74. The standard InChI is InChI=1S/C25H19ClF4N4O4/c1-32-21(35)19-12-15(6-9-33-19)38-14-3-5-20(18(27)11-14)34(23(37)24(7-8-24)22(31)36)13-2-4-17(26)16(10-13)25(28,29)30/h2-6,9-12H,7-8H2,1H3,(H2,31,36)(H,32,35). The van der Waals surface area contributed by atoms with E-state index < -0.39 is 51.4 Å². The molecule has 3 amide bonds. The zero-order valence-corrected chi connectivity index (χ0v) is 20.4. The number of alkyl halides is 3. The van der Waals surface area contributed by atoms with Gasteiger partial charge in [0.1, 0.15) is 22.6 Å². The molecule has 1 saturated carbocycles. The Morgan fingerprint density at radius 2 is 1.76 bits per heavy atom. The van der Waals surface area contributed by atoms with Crippen molar-refractivity contribution in [2.75, 3.05) is 11.9 Å². The van der Waals surface area contributed by atoms with E-state index in [1.54, 1.807) is 0 Å². The van der Waals surface area contributed by atoms with Crippen molar-refractivity contribution < 1.29 is 36.7 Å². The lowest BCUT2D eigenvalue weighted by molar-refractivity contribution is -0.138. The fourth-order valence-corrected chi connectivity index (χ4v) is 3.96. The van der Waals surface area contributed by atoms with Crippen molar-refractivity contribution in [3.8, 4) is 11.5 Å². The van der Waals surface area contributed by atoms with Crippen LogP contribution in [0, 0.1) is 11.2 Å². The summed E-state index contributed by atoms with van der Waals surface area (Å²) in [7, 11) is 1.42. The van der Waals surface area contributed by atoms with Gasteiger partial charge in [-0.05, 0) is 49.2 Å². The first-order chi connectivity index (χ1) is 17.9. The second kappa shape index (κ2) is 9.93. The smallest absolute Gasteiger partial charge is 0.417 e. The van der Waals surface area contributed by atoms with E-state index in [-0.39, 0.29) is 35.7 Å². The molecule has 4 rings (SSSR count). The molecule has 0 radical (unpaired) electrons. The molecule has 2 aromatic carbocycles. The Hall–Kier alpha value is -4.19. The Morgan fingerprint density at radius 1 is 1.08 bits per heavy atom. The number of anilines is 2. The number of halogens is 5. The normalized spacial score (nSPS) is 13.9. The molecule has 3 aromatic rings. The molecule has 0 unspecified atom stereocenters. The van der Waals surface area contributed by atoms with Crippen LogP contribution in [0.1, 0.15) is 28.9 Å². The molecule has 1 heterocycles. The lowest BCUT2D eigenvalue weighted by Crippen LogP contribution is -2.41. The number of nitrogens with one attached hydrogen (secondary N) is 1. The highest BCUT2D eigenvalue weighted by Gasteiger charge is 2.57. The number of hydrogen-bond donors (Lipinski definition) is 2. The summed E-state index contributed by atoms with van der Waals surface area (Å²) in [5.41, 5.74) is 1.73. The minimum Gasteiger partial charge on any atom is -0.457 e. The highest BCUT2D eigenvalue weighted by atomic mass is 35.5. The summed E-state index contributed by atoms with van der Waals surface area (Å²) in [6, 6.07) is 8.64. The van der Waals surface area contributed by atoms with Crippen LogP contribution < -0.4 is 20.7 Å². The number of aromatic nitrogens is 1. The van der Waals surface area contributed by atoms with Crippen molar-refractivity contribution >= 4 is 40.7 Å². The average Bonchev–Trinajstić information content (AvgIpc) is 3.68. The molecule has 8 nitrogen and oxygen atoms in total. The van der Waals surface area contributed by atoms with Gasteiger partial charge in [0.05, 0.1) is 16.3 Å². The Kier molecular flexibility index (Phi) is 7.02. The first-order valence-electron chi connectivity index (χ1n) is 11.0. The third-order valence-corrected chi connectivity index (χ3v) is 6.26. The summed E-state index contributed by atoms with van der Waals surface area (Å²) in [6.07, 6.45) is -3.42. The SMILES string of the molecule is CNC(=O)c1cc(Oc2ccc(N(C(=O)C3(C(N)=O)CC3)c3ccc(Cl)c(C(F)(F)F)c3)c(F)c2)ccn1. The molecule has 38 heavy (non-hydrogen) atoms. The molecule has 0 saturated heterocycles. The van der Waals surface area contributed by atoms with Crippen LogP contribution in [0.2, 0.25) is 5.02 Å². The molecular weight excluding hydrogens is 532 g/mol. The van der Waals surface area contributed by atoms with Gasteiger partial charge in [0, 0.05) is 31.1 Å². The van der Waals surface area contributed by atoms with E-state index in [1.807, 2.05) is 0 Å². The van der Waals surface area contributed by atoms with E-state index in [0.29, 0.717) is 11.0 Å².